The highest BCUT2D eigenvalue weighted by Gasteiger charge is 2.19. The molecule has 0 aromatic carbocycles. The van der Waals surface area contributed by atoms with Gasteiger partial charge in [-0.05, 0) is 31.1 Å². The van der Waals surface area contributed by atoms with Crippen molar-refractivity contribution in [3.8, 4) is 0 Å². The molecule has 0 N–H and O–H groups in total. The highest BCUT2D eigenvalue weighted by molar-refractivity contribution is 5.71. The van der Waals surface area contributed by atoms with Crippen LogP contribution in [0.4, 0.5) is 0 Å². The van der Waals surface area contributed by atoms with Crippen LogP contribution in [0.5, 0.6) is 0 Å². The van der Waals surface area contributed by atoms with Crippen LogP contribution in [0.15, 0.2) is 0 Å². The SMILES string of the molecule is CCCCCCCCCCCCCCCCCC(=O)OC[C@H](COC(=O)CCCCCCCCC(C)CC)OC(=O)CCCCCCCCCC(C)C. The quantitative estimate of drug-likeness (QED) is 0.0352. The lowest BCUT2D eigenvalue weighted by molar-refractivity contribution is -0.167. The van der Waals surface area contributed by atoms with Crippen LogP contribution in [-0.2, 0) is 28.6 Å². The normalized spacial score (nSPS) is 12.6. The zero-order chi connectivity index (χ0) is 39.0. The van der Waals surface area contributed by atoms with E-state index in [0.29, 0.717) is 19.3 Å². The van der Waals surface area contributed by atoms with Crippen LogP contribution in [0.1, 0.15) is 253 Å². The molecule has 0 bridgehead atoms. The largest absolute Gasteiger partial charge is 0.462 e. The van der Waals surface area contributed by atoms with Crippen molar-refractivity contribution in [2.75, 3.05) is 13.2 Å². The molecule has 0 aliphatic rings. The molecule has 0 aliphatic carbocycles. The molecular weight excluding hydrogens is 661 g/mol. The van der Waals surface area contributed by atoms with Gasteiger partial charge in [0.2, 0.25) is 0 Å². The highest BCUT2D eigenvalue weighted by Crippen LogP contribution is 2.17. The van der Waals surface area contributed by atoms with Crippen molar-refractivity contribution < 1.29 is 28.6 Å². The van der Waals surface area contributed by atoms with Gasteiger partial charge in [-0.25, -0.2) is 0 Å². The van der Waals surface area contributed by atoms with Gasteiger partial charge in [0, 0.05) is 19.3 Å². The van der Waals surface area contributed by atoms with Gasteiger partial charge in [0.1, 0.15) is 13.2 Å². The Morgan fingerprint density at radius 2 is 0.717 bits per heavy atom. The number of unbranched alkanes of at least 4 members (excludes halogenated alkanes) is 25. The summed E-state index contributed by atoms with van der Waals surface area (Å²) in [6, 6.07) is 0. The van der Waals surface area contributed by atoms with Crippen molar-refractivity contribution in [2.45, 2.75) is 259 Å². The topological polar surface area (TPSA) is 78.9 Å². The van der Waals surface area contributed by atoms with Gasteiger partial charge in [-0.1, -0.05) is 214 Å². The molecule has 314 valence electrons. The smallest absolute Gasteiger partial charge is 0.306 e. The van der Waals surface area contributed by atoms with E-state index in [2.05, 4.69) is 34.6 Å². The van der Waals surface area contributed by atoms with Crippen LogP contribution in [0.2, 0.25) is 0 Å². The van der Waals surface area contributed by atoms with Crippen LogP contribution in [0.25, 0.3) is 0 Å². The first-order chi connectivity index (χ1) is 25.8. The average molecular weight is 751 g/mol. The van der Waals surface area contributed by atoms with Gasteiger partial charge in [-0.3, -0.25) is 14.4 Å². The second-order valence-electron chi connectivity index (χ2n) is 16.8. The molecule has 0 heterocycles. The minimum absolute atomic E-state index is 0.0659. The molecule has 0 aromatic heterocycles. The van der Waals surface area contributed by atoms with Crippen LogP contribution < -0.4 is 0 Å². The standard InChI is InChI=1S/C47H90O6/c1-6-8-9-10-11-12-13-14-15-16-17-18-21-27-32-37-45(48)51-40-44(53-47(50)39-34-29-22-19-20-25-30-35-42(3)4)41-52-46(49)38-33-28-24-23-26-31-36-43(5)7-2/h42-44H,6-41H2,1-5H3/t43?,44-/m1/s1. The second-order valence-corrected chi connectivity index (χ2v) is 16.8. The molecule has 6 heteroatoms. The third-order valence-corrected chi connectivity index (χ3v) is 10.8. The van der Waals surface area contributed by atoms with Crippen LogP contribution in [-0.4, -0.2) is 37.2 Å². The first-order valence-electron chi connectivity index (χ1n) is 23.3. The van der Waals surface area contributed by atoms with Gasteiger partial charge >= 0.3 is 17.9 Å². The number of hydrogen-bond acceptors (Lipinski definition) is 6. The van der Waals surface area contributed by atoms with E-state index >= 15 is 0 Å². The molecule has 0 radical (unpaired) electrons. The lowest BCUT2D eigenvalue weighted by Gasteiger charge is -2.18. The summed E-state index contributed by atoms with van der Waals surface area (Å²) in [4.78, 5) is 37.7. The fraction of sp³-hybridized carbons (Fsp3) is 0.936. The van der Waals surface area contributed by atoms with Crippen LogP contribution in [0.3, 0.4) is 0 Å². The first kappa shape index (κ1) is 51.4. The van der Waals surface area contributed by atoms with Crippen LogP contribution >= 0.6 is 0 Å². The van der Waals surface area contributed by atoms with Gasteiger partial charge < -0.3 is 14.2 Å². The zero-order valence-corrected chi connectivity index (χ0v) is 36.1. The van der Waals surface area contributed by atoms with Crippen molar-refractivity contribution >= 4 is 17.9 Å². The Bertz CT molecular complexity index is 811. The van der Waals surface area contributed by atoms with E-state index < -0.39 is 6.10 Å². The lowest BCUT2D eigenvalue weighted by atomic mass is 10.00. The molecule has 0 aliphatic heterocycles. The van der Waals surface area contributed by atoms with E-state index in [4.69, 9.17) is 14.2 Å². The van der Waals surface area contributed by atoms with E-state index in [1.54, 1.807) is 0 Å². The maximum absolute atomic E-state index is 12.7. The predicted octanol–water partition coefficient (Wildman–Crippen LogP) is 14.6. The van der Waals surface area contributed by atoms with Crippen molar-refractivity contribution in [3.63, 3.8) is 0 Å². The summed E-state index contributed by atoms with van der Waals surface area (Å²) < 4.78 is 16.7. The van der Waals surface area contributed by atoms with Crippen molar-refractivity contribution in [2.24, 2.45) is 11.8 Å². The Morgan fingerprint density at radius 1 is 0.396 bits per heavy atom. The molecule has 53 heavy (non-hydrogen) atoms. The number of esters is 3. The van der Waals surface area contributed by atoms with E-state index in [9.17, 15) is 14.4 Å². The zero-order valence-electron chi connectivity index (χ0n) is 36.1. The Balaban J connectivity index is 4.30. The molecule has 0 saturated carbocycles. The Hall–Kier alpha value is -1.59. The predicted molar refractivity (Wildman–Crippen MR) is 224 cm³/mol. The molecular formula is C47H90O6. The van der Waals surface area contributed by atoms with E-state index in [0.717, 1.165) is 69.6 Å². The van der Waals surface area contributed by atoms with Gasteiger partial charge in [-0.2, -0.15) is 0 Å². The molecule has 0 spiro atoms. The summed E-state index contributed by atoms with van der Waals surface area (Å²) in [5.74, 6) is 0.730. The van der Waals surface area contributed by atoms with Gasteiger partial charge in [-0.15, -0.1) is 0 Å². The summed E-state index contributed by atoms with van der Waals surface area (Å²) in [7, 11) is 0. The fourth-order valence-electron chi connectivity index (χ4n) is 6.90. The van der Waals surface area contributed by atoms with Gasteiger partial charge in [0.15, 0.2) is 6.10 Å². The Labute approximate surface area is 329 Å². The van der Waals surface area contributed by atoms with Crippen LogP contribution in [0, 0.1) is 11.8 Å². The molecule has 0 fully saturated rings. The Kier molecular flexibility index (Phi) is 38.9. The minimum Gasteiger partial charge on any atom is -0.462 e. The third kappa shape index (κ3) is 39.9. The maximum atomic E-state index is 12.7. The second kappa shape index (κ2) is 40.1. The Morgan fingerprint density at radius 3 is 1.08 bits per heavy atom. The summed E-state index contributed by atoms with van der Waals surface area (Å²) in [6.45, 7) is 11.3. The van der Waals surface area contributed by atoms with Gasteiger partial charge in [0.05, 0.1) is 0 Å². The molecule has 1 unspecified atom stereocenters. The minimum atomic E-state index is -0.761. The number of carbonyl (C=O) groups is 3. The monoisotopic (exact) mass is 751 g/mol. The lowest BCUT2D eigenvalue weighted by Crippen LogP contribution is -2.30. The highest BCUT2D eigenvalue weighted by atomic mass is 16.6. The third-order valence-electron chi connectivity index (χ3n) is 10.8. The average Bonchev–Trinajstić information content (AvgIpc) is 3.14. The molecule has 0 saturated heterocycles. The van der Waals surface area contributed by atoms with Crippen molar-refractivity contribution in [1.29, 1.82) is 0 Å². The summed E-state index contributed by atoms with van der Waals surface area (Å²) in [5.41, 5.74) is 0. The van der Waals surface area contributed by atoms with E-state index in [1.165, 1.54) is 141 Å². The van der Waals surface area contributed by atoms with E-state index in [-0.39, 0.29) is 31.1 Å². The number of rotatable bonds is 41. The molecule has 2 atom stereocenters. The van der Waals surface area contributed by atoms with E-state index in [1.807, 2.05) is 0 Å². The summed E-state index contributed by atoms with van der Waals surface area (Å²) >= 11 is 0. The number of hydrogen-bond donors (Lipinski definition) is 0. The maximum Gasteiger partial charge on any atom is 0.306 e. The number of ether oxygens (including phenoxy) is 3. The van der Waals surface area contributed by atoms with Crippen molar-refractivity contribution in [1.82, 2.24) is 0 Å². The summed E-state index contributed by atoms with van der Waals surface area (Å²) in [6.07, 6.45) is 38.1. The summed E-state index contributed by atoms with van der Waals surface area (Å²) in [5, 5.41) is 0. The molecule has 6 nitrogen and oxygen atoms in total. The fourth-order valence-corrected chi connectivity index (χ4v) is 6.90. The first-order valence-corrected chi connectivity index (χ1v) is 23.3. The molecule has 0 aromatic rings. The molecule has 0 amide bonds. The number of carbonyl (C=O) groups excluding carboxylic acids is 3. The molecule has 0 rings (SSSR count). The van der Waals surface area contributed by atoms with Gasteiger partial charge in [0.25, 0.3) is 0 Å². The van der Waals surface area contributed by atoms with Crippen molar-refractivity contribution in [3.05, 3.63) is 0 Å².